The molecule has 3 aromatic carbocycles. The third-order valence-electron chi connectivity index (χ3n) is 8.65. The van der Waals surface area contributed by atoms with Gasteiger partial charge in [-0.15, -0.1) is 0 Å². The van der Waals surface area contributed by atoms with Crippen molar-refractivity contribution in [1.82, 2.24) is 14.9 Å². The second-order valence-electron chi connectivity index (χ2n) is 11.8. The van der Waals surface area contributed by atoms with E-state index in [0.717, 1.165) is 30.5 Å². The number of aliphatic hydroxyl groups excluding tert-OH is 1. The van der Waals surface area contributed by atoms with E-state index in [-0.39, 0.29) is 29.6 Å². The van der Waals surface area contributed by atoms with Gasteiger partial charge in [0.15, 0.2) is 6.10 Å². The van der Waals surface area contributed by atoms with Crippen molar-refractivity contribution in [3.05, 3.63) is 122 Å². The summed E-state index contributed by atoms with van der Waals surface area (Å²) in [5, 5.41) is 11.0. The lowest BCUT2D eigenvalue weighted by atomic mass is 9.90. The van der Waals surface area contributed by atoms with Gasteiger partial charge in [0.05, 0.1) is 28.8 Å². The van der Waals surface area contributed by atoms with Gasteiger partial charge in [-0.25, -0.2) is 4.98 Å². The van der Waals surface area contributed by atoms with Crippen LogP contribution in [-0.4, -0.2) is 32.4 Å². The number of nitrogens with one attached hydrogen (secondary N) is 1. The fourth-order valence-corrected chi connectivity index (χ4v) is 5.90. The molecule has 0 bridgehead atoms. The van der Waals surface area contributed by atoms with Gasteiger partial charge in [0.2, 0.25) is 0 Å². The molecule has 2 heterocycles. The number of amides is 1. The molecule has 4 aromatic rings. The Kier molecular flexibility index (Phi) is 7.24. The smallest absolute Gasteiger partial charge is 0.378 e. The number of benzene rings is 3. The lowest BCUT2D eigenvalue weighted by molar-refractivity contribution is -0.141. The molecule has 1 aliphatic heterocycles. The standard InChI is InChI=1S/C34H32F3N3O3/c1-20(2)21-6-4-10-25(17-21)33(13-14-33)32-38-28-12-15-40(19-27(28)30(42)39-32)31(43)29(41)24-9-3-7-22(16-24)23-8-5-11-26(18-23)34(35,36)37/h3-11,16-18,20,29,41H,12-15,19H2,1-2H3,(H,38,39,42)/t29-/m1/s1. The zero-order valence-electron chi connectivity index (χ0n) is 23.9. The molecule has 1 fully saturated rings. The van der Waals surface area contributed by atoms with Gasteiger partial charge in [-0.3, -0.25) is 9.59 Å². The molecule has 0 unspecified atom stereocenters. The quantitative estimate of drug-likeness (QED) is 0.278. The van der Waals surface area contributed by atoms with E-state index in [2.05, 4.69) is 37.0 Å². The number of carbonyl (C=O) groups excluding carboxylic acids is 1. The first-order valence-electron chi connectivity index (χ1n) is 14.4. The highest BCUT2D eigenvalue weighted by atomic mass is 19.4. The fourth-order valence-electron chi connectivity index (χ4n) is 5.90. The second kappa shape index (κ2) is 10.8. The first-order chi connectivity index (χ1) is 20.5. The molecule has 1 atom stereocenters. The topological polar surface area (TPSA) is 86.3 Å². The van der Waals surface area contributed by atoms with E-state index in [1.807, 2.05) is 6.07 Å². The van der Waals surface area contributed by atoms with E-state index in [0.29, 0.717) is 40.5 Å². The number of hydrogen-bond donors (Lipinski definition) is 2. The molecule has 43 heavy (non-hydrogen) atoms. The summed E-state index contributed by atoms with van der Waals surface area (Å²) >= 11 is 0. The molecular weight excluding hydrogens is 555 g/mol. The van der Waals surface area contributed by atoms with Crippen molar-refractivity contribution in [3.8, 4) is 11.1 Å². The van der Waals surface area contributed by atoms with Gasteiger partial charge in [-0.05, 0) is 64.8 Å². The summed E-state index contributed by atoms with van der Waals surface area (Å²) in [6.45, 7) is 4.59. The zero-order chi connectivity index (χ0) is 30.5. The molecule has 2 N–H and O–H groups in total. The van der Waals surface area contributed by atoms with E-state index in [1.54, 1.807) is 24.3 Å². The summed E-state index contributed by atoms with van der Waals surface area (Å²) in [6.07, 6.45) is -3.86. The third-order valence-corrected chi connectivity index (χ3v) is 8.65. The first-order valence-corrected chi connectivity index (χ1v) is 14.4. The highest BCUT2D eigenvalue weighted by molar-refractivity contribution is 5.83. The van der Waals surface area contributed by atoms with Crippen LogP contribution in [0.25, 0.3) is 11.1 Å². The fraction of sp³-hybridized carbons (Fsp3) is 0.324. The van der Waals surface area contributed by atoms with Gasteiger partial charge in [-0.2, -0.15) is 13.2 Å². The molecule has 0 saturated heterocycles. The molecule has 1 saturated carbocycles. The largest absolute Gasteiger partial charge is 0.416 e. The lowest BCUT2D eigenvalue weighted by Crippen LogP contribution is -2.42. The molecule has 0 spiro atoms. The average molecular weight is 588 g/mol. The van der Waals surface area contributed by atoms with Gasteiger partial charge in [0.25, 0.3) is 11.5 Å². The van der Waals surface area contributed by atoms with Crippen LogP contribution >= 0.6 is 0 Å². The first kappa shape index (κ1) is 28.9. The van der Waals surface area contributed by atoms with Gasteiger partial charge >= 0.3 is 6.18 Å². The second-order valence-corrected chi connectivity index (χ2v) is 11.8. The molecular formula is C34H32F3N3O3. The van der Waals surface area contributed by atoms with E-state index < -0.39 is 23.8 Å². The Labute approximate surface area is 247 Å². The molecule has 2 aliphatic rings. The van der Waals surface area contributed by atoms with Crippen LogP contribution in [0.1, 0.15) is 78.0 Å². The van der Waals surface area contributed by atoms with Crippen molar-refractivity contribution < 1.29 is 23.1 Å². The minimum absolute atomic E-state index is 0.0109. The van der Waals surface area contributed by atoms with Gasteiger partial charge in [0.1, 0.15) is 5.82 Å². The summed E-state index contributed by atoms with van der Waals surface area (Å²) < 4.78 is 39.7. The predicted molar refractivity (Wildman–Crippen MR) is 156 cm³/mol. The maximum Gasteiger partial charge on any atom is 0.416 e. The monoisotopic (exact) mass is 587 g/mol. The maximum absolute atomic E-state index is 13.4. The van der Waals surface area contributed by atoms with Crippen molar-refractivity contribution >= 4 is 5.91 Å². The van der Waals surface area contributed by atoms with Crippen LogP contribution in [0.5, 0.6) is 0 Å². The van der Waals surface area contributed by atoms with Gasteiger partial charge in [-0.1, -0.05) is 68.4 Å². The molecule has 6 nitrogen and oxygen atoms in total. The van der Waals surface area contributed by atoms with E-state index >= 15 is 0 Å². The third kappa shape index (κ3) is 5.49. The Morgan fingerprint density at radius 3 is 2.35 bits per heavy atom. The number of H-pyrrole nitrogens is 1. The highest BCUT2D eigenvalue weighted by Crippen LogP contribution is 2.52. The van der Waals surface area contributed by atoms with Gasteiger partial charge < -0.3 is 15.0 Å². The normalized spacial score (nSPS) is 16.6. The number of aromatic nitrogens is 2. The summed E-state index contributed by atoms with van der Waals surface area (Å²) in [7, 11) is 0. The molecule has 0 radical (unpaired) electrons. The number of fused-ring (bicyclic) bond motifs is 1. The lowest BCUT2D eigenvalue weighted by Gasteiger charge is -2.30. The SMILES string of the molecule is CC(C)c1cccc(C2(c3nc4c(c(=O)[nH]3)CN(C(=O)[C@H](O)c3cccc(-c5cccc(C(F)(F)F)c5)c3)CC4)CC2)c1. The molecule has 1 amide bonds. The van der Waals surface area contributed by atoms with E-state index in [9.17, 15) is 27.9 Å². The number of nitrogens with zero attached hydrogens (tertiary/aromatic N) is 2. The Morgan fingerprint density at radius 2 is 1.65 bits per heavy atom. The number of halogens is 3. The van der Waals surface area contributed by atoms with Crippen molar-refractivity contribution in [1.29, 1.82) is 0 Å². The summed E-state index contributed by atoms with van der Waals surface area (Å²) in [5.41, 5.74) is 3.08. The molecule has 9 heteroatoms. The van der Waals surface area contributed by atoms with Crippen molar-refractivity contribution in [2.75, 3.05) is 6.54 Å². The Bertz CT molecular complexity index is 1760. The van der Waals surface area contributed by atoms with Crippen molar-refractivity contribution in [3.63, 3.8) is 0 Å². The number of rotatable bonds is 6. The van der Waals surface area contributed by atoms with Crippen LogP contribution in [0.15, 0.2) is 77.6 Å². The molecule has 1 aromatic heterocycles. The van der Waals surface area contributed by atoms with Crippen LogP contribution in [0.2, 0.25) is 0 Å². The predicted octanol–water partition coefficient (Wildman–Crippen LogP) is 6.28. The maximum atomic E-state index is 13.4. The van der Waals surface area contributed by atoms with Gasteiger partial charge in [0, 0.05) is 13.0 Å². The summed E-state index contributed by atoms with van der Waals surface area (Å²) in [5.74, 6) is 0.455. The minimum atomic E-state index is -4.49. The number of aliphatic hydroxyl groups is 1. The number of alkyl halides is 3. The minimum Gasteiger partial charge on any atom is -0.378 e. The van der Waals surface area contributed by atoms with Crippen molar-refractivity contribution in [2.45, 2.75) is 63.3 Å². The number of carbonyl (C=O) groups is 1. The molecule has 222 valence electrons. The van der Waals surface area contributed by atoms with Crippen LogP contribution in [0.3, 0.4) is 0 Å². The summed E-state index contributed by atoms with van der Waals surface area (Å²) in [6, 6.07) is 19.6. The van der Waals surface area contributed by atoms with Crippen LogP contribution in [0.4, 0.5) is 13.2 Å². The number of aromatic amines is 1. The average Bonchev–Trinajstić information content (AvgIpc) is 3.82. The summed E-state index contributed by atoms with van der Waals surface area (Å²) in [4.78, 5) is 36.0. The van der Waals surface area contributed by atoms with Crippen molar-refractivity contribution in [2.24, 2.45) is 0 Å². The Hall–Kier alpha value is -4.24. The van der Waals surface area contributed by atoms with E-state index in [1.165, 1.54) is 22.6 Å². The Morgan fingerprint density at radius 1 is 0.977 bits per heavy atom. The molecule has 1 aliphatic carbocycles. The van der Waals surface area contributed by atoms with Crippen LogP contribution in [0, 0.1) is 0 Å². The highest BCUT2D eigenvalue weighted by Gasteiger charge is 2.49. The van der Waals surface area contributed by atoms with Crippen LogP contribution < -0.4 is 5.56 Å². The molecule has 6 rings (SSSR count). The Balaban J connectivity index is 1.21. The van der Waals surface area contributed by atoms with Crippen LogP contribution in [-0.2, 0) is 29.4 Å². The number of hydrogen-bond acceptors (Lipinski definition) is 4. The zero-order valence-corrected chi connectivity index (χ0v) is 23.9. The van der Waals surface area contributed by atoms with E-state index in [4.69, 9.17) is 4.98 Å².